The lowest BCUT2D eigenvalue weighted by Gasteiger charge is -2.23. The van der Waals surface area contributed by atoms with E-state index < -0.39 is 0 Å². The van der Waals surface area contributed by atoms with Gasteiger partial charge in [0.1, 0.15) is 0 Å². The molecule has 1 saturated heterocycles. The fourth-order valence-electron chi connectivity index (χ4n) is 1.72. The maximum atomic E-state index is 11.5. The van der Waals surface area contributed by atoms with Crippen molar-refractivity contribution in [1.82, 2.24) is 10.6 Å². The van der Waals surface area contributed by atoms with Gasteiger partial charge in [0.25, 0.3) is 0 Å². The second kappa shape index (κ2) is 6.80. The number of nitrogens with one attached hydrogen (secondary N) is 2. The van der Waals surface area contributed by atoms with Gasteiger partial charge in [-0.3, -0.25) is 4.79 Å². The van der Waals surface area contributed by atoms with Gasteiger partial charge in [-0.1, -0.05) is 0 Å². The van der Waals surface area contributed by atoms with Crippen LogP contribution in [-0.4, -0.2) is 38.3 Å². The third-order valence-electron chi connectivity index (χ3n) is 2.88. The number of methoxy groups -OCH3 is 1. The molecule has 1 aliphatic rings. The smallest absolute Gasteiger partial charge is 0.220 e. The standard InChI is InChI=1S/C11H22N2O2/c1-9(15-2)3-4-11(14)13-10-5-7-12-8-6-10/h9-10,12H,3-8H2,1-2H3,(H,13,14). The molecule has 0 saturated carbocycles. The maximum Gasteiger partial charge on any atom is 0.220 e. The van der Waals surface area contributed by atoms with Gasteiger partial charge in [0.2, 0.25) is 5.91 Å². The highest BCUT2D eigenvalue weighted by Gasteiger charge is 2.15. The molecule has 1 aliphatic heterocycles. The second-order valence-electron chi connectivity index (χ2n) is 4.18. The van der Waals surface area contributed by atoms with Crippen molar-refractivity contribution in [2.75, 3.05) is 20.2 Å². The first-order valence-electron chi connectivity index (χ1n) is 5.75. The van der Waals surface area contributed by atoms with E-state index in [0.29, 0.717) is 12.5 Å². The lowest BCUT2D eigenvalue weighted by atomic mass is 10.1. The summed E-state index contributed by atoms with van der Waals surface area (Å²) in [6, 6.07) is 0.372. The van der Waals surface area contributed by atoms with E-state index in [1.54, 1.807) is 7.11 Å². The van der Waals surface area contributed by atoms with Crippen LogP contribution in [0.2, 0.25) is 0 Å². The summed E-state index contributed by atoms with van der Waals surface area (Å²) in [5.74, 6) is 0.158. The maximum absolute atomic E-state index is 11.5. The minimum atomic E-state index is 0.158. The Hall–Kier alpha value is -0.610. The van der Waals surface area contributed by atoms with E-state index in [-0.39, 0.29) is 12.0 Å². The van der Waals surface area contributed by atoms with Crippen LogP contribution in [0.25, 0.3) is 0 Å². The van der Waals surface area contributed by atoms with Gasteiger partial charge in [0.15, 0.2) is 0 Å². The first-order valence-corrected chi connectivity index (χ1v) is 5.75. The van der Waals surface area contributed by atoms with E-state index in [0.717, 1.165) is 32.4 Å². The van der Waals surface area contributed by atoms with Crippen LogP contribution in [0.1, 0.15) is 32.6 Å². The van der Waals surface area contributed by atoms with Crippen molar-refractivity contribution in [2.24, 2.45) is 0 Å². The SMILES string of the molecule is COC(C)CCC(=O)NC1CCNCC1. The molecule has 0 aromatic carbocycles. The monoisotopic (exact) mass is 214 g/mol. The zero-order valence-electron chi connectivity index (χ0n) is 9.71. The number of carbonyl (C=O) groups excluding carboxylic acids is 1. The van der Waals surface area contributed by atoms with E-state index >= 15 is 0 Å². The average Bonchev–Trinajstić information content (AvgIpc) is 2.27. The van der Waals surface area contributed by atoms with Gasteiger partial charge < -0.3 is 15.4 Å². The lowest BCUT2D eigenvalue weighted by molar-refractivity contribution is -0.122. The molecule has 4 heteroatoms. The Bertz CT molecular complexity index is 191. The first-order chi connectivity index (χ1) is 7.22. The van der Waals surface area contributed by atoms with Gasteiger partial charge in [0, 0.05) is 19.6 Å². The predicted octanol–water partition coefficient (Wildman–Crippen LogP) is 0.670. The summed E-state index contributed by atoms with van der Waals surface area (Å²) in [6.07, 6.45) is 3.63. The van der Waals surface area contributed by atoms with E-state index in [4.69, 9.17) is 4.74 Å². The average molecular weight is 214 g/mol. The topological polar surface area (TPSA) is 50.4 Å². The van der Waals surface area contributed by atoms with Crippen LogP contribution < -0.4 is 10.6 Å². The largest absolute Gasteiger partial charge is 0.382 e. The number of carbonyl (C=O) groups is 1. The Morgan fingerprint density at radius 3 is 2.80 bits per heavy atom. The summed E-state index contributed by atoms with van der Waals surface area (Å²) in [5, 5.41) is 6.34. The molecular weight excluding hydrogens is 192 g/mol. The van der Waals surface area contributed by atoms with Crippen molar-refractivity contribution < 1.29 is 9.53 Å². The van der Waals surface area contributed by atoms with Crippen LogP contribution >= 0.6 is 0 Å². The Labute approximate surface area is 91.8 Å². The van der Waals surface area contributed by atoms with Gasteiger partial charge in [-0.05, 0) is 39.3 Å². The highest BCUT2D eigenvalue weighted by atomic mass is 16.5. The van der Waals surface area contributed by atoms with Gasteiger partial charge in [-0.15, -0.1) is 0 Å². The molecule has 15 heavy (non-hydrogen) atoms. The molecule has 2 N–H and O–H groups in total. The molecule has 1 unspecified atom stereocenters. The van der Waals surface area contributed by atoms with Crippen molar-refractivity contribution in [1.29, 1.82) is 0 Å². The summed E-state index contributed by atoms with van der Waals surface area (Å²) in [5.41, 5.74) is 0. The fourth-order valence-corrected chi connectivity index (χ4v) is 1.72. The molecule has 1 amide bonds. The van der Waals surface area contributed by atoms with Crippen LogP contribution in [-0.2, 0) is 9.53 Å². The molecule has 0 aromatic heterocycles. The summed E-state index contributed by atoms with van der Waals surface area (Å²) in [4.78, 5) is 11.5. The van der Waals surface area contributed by atoms with E-state index in [2.05, 4.69) is 10.6 Å². The van der Waals surface area contributed by atoms with Crippen molar-refractivity contribution in [3.63, 3.8) is 0 Å². The zero-order chi connectivity index (χ0) is 11.1. The van der Waals surface area contributed by atoms with Gasteiger partial charge in [0.05, 0.1) is 6.10 Å². The molecule has 1 fully saturated rings. The molecule has 0 aliphatic carbocycles. The lowest BCUT2D eigenvalue weighted by Crippen LogP contribution is -2.42. The quantitative estimate of drug-likeness (QED) is 0.707. The third kappa shape index (κ3) is 5.14. The summed E-state index contributed by atoms with van der Waals surface area (Å²) >= 11 is 0. The number of rotatable bonds is 5. The van der Waals surface area contributed by atoms with Crippen LogP contribution in [0.4, 0.5) is 0 Å². The Morgan fingerprint density at radius 2 is 2.20 bits per heavy atom. The van der Waals surface area contributed by atoms with Gasteiger partial charge in [-0.25, -0.2) is 0 Å². The zero-order valence-corrected chi connectivity index (χ0v) is 9.71. The number of hydrogen-bond acceptors (Lipinski definition) is 3. The Balaban J connectivity index is 2.11. The molecule has 4 nitrogen and oxygen atoms in total. The molecule has 0 radical (unpaired) electrons. The number of piperidine rings is 1. The minimum absolute atomic E-state index is 0.158. The van der Waals surface area contributed by atoms with E-state index in [1.807, 2.05) is 6.92 Å². The van der Waals surface area contributed by atoms with Crippen molar-refractivity contribution in [2.45, 2.75) is 44.8 Å². The van der Waals surface area contributed by atoms with Crippen LogP contribution in [0.5, 0.6) is 0 Å². The first kappa shape index (κ1) is 12.5. The second-order valence-corrected chi connectivity index (χ2v) is 4.18. The normalized spacial score (nSPS) is 19.9. The fraction of sp³-hybridized carbons (Fsp3) is 0.909. The van der Waals surface area contributed by atoms with Crippen molar-refractivity contribution >= 4 is 5.91 Å². The molecule has 1 atom stereocenters. The highest BCUT2D eigenvalue weighted by Crippen LogP contribution is 2.04. The third-order valence-corrected chi connectivity index (χ3v) is 2.88. The molecule has 0 bridgehead atoms. The summed E-state index contributed by atoms with van der Waals surface area (Å²) < 4.78 is 5.10. The van der Waals surface area contributed by atoms with Crippen LogP contribution in [0.3, 0.4) is 0 Å². The van der Waals surface area contributed by atoms with E-state index in [1.165, 1.54) is 0 Å². The molecule has 0 aromatic rings. The Morgan fingerprint density at radius 1 is 1.53 bits per heavy atom. The number of hydrogen-bond donors (Lipinski definition) is 2. The molecular formula is C11H22N2O2. The predicted molar refractivity (Wildman–Crippen MR) is 59.7 cm³/mol. The van der Waals surface area contributed by atoms with Crippen LogP contribution in [0.15, 0.2) is 0 Å². The highest BCUT2D eigenvalue weighted by molar-refractivity contribution is 5.76. The Kier molecular flexibility index (Phi) is 5.65. The summed E-state index contributed by atoms with van der Waals surface area (Å²) in [6.45, 7) is 4.01. The van der Waals surface area contributed by atoms with E-state index in [9.17, 15) is 4.79 Å². The number of amides is 1. The molecule has 1 rings (SSSR count). The minimum Gasteiger partial charge on any atom is -0.382 e. The van der Waals surface area contributed by atoms with Gasteiger partial charge in [-0.2, -0.15) is 0 Å². The van der Waals surface area contributed by atoms with Crippen molar-refractivity contribution in [3.8, 4) is 0 Å². The summed E-state index contributed by atoms with van der Waals surface area (Å²) in [7, 11) is 1.68. The molecule has 88 valence electrons. The van der Waals surface area contributed by atoms with Crippen LogP contribution in [0, 0.1) is 0 Å². The van der Waals surface area contributed by atoms with Gasteiger partial charge >= 0.3 is 0 Å². The van der Waals surface area contributed by atoms with Crippen molar-refractivity contribution in [3.05, 3.63) is 0 Å². The molecule has 1 heterocycles. The molecule has 0 spiro atoms. The number of ether oxygens (including phenoxy) is 1.